The lowest BCUT2D eigenvalue weighted by molar-refractivity contribution is 0.112. The van der Waals surface area contributed by atoms with Gasteiger partial charge in [0.05, 0.1) is 0 Å². The van der Waals surface area contributed by atoms with Gasteiger partial charge in [0.15, 0.2) is 0 Å². The molecule has 1 atom stereocenters. The van der Waals surface area contributed by atoms with Crippen LogP contribution in [0.4, 0.5) is 0 Å². The summed E-state index contributed by atoms with van der Waals surface area (Å²) in [6.07, 6.45) is 0.689. The Morgan fingerprint density at radius 3 is 2.18 bits per heavy atom. The molecule has 11 heavy (non-hydrogen) atoms. The van der Waals surface area contributed by atoms with Gasteiger partial charge in [0.2, 0.25) is 5.30 Å². The second kappa shape index (κ2) is 3.37. The van der Waals surface area contributed by atoms with Crippen molar-refractivity contribution in [3.05, 3.63) is 29.8 Å². The molecule has 0 amide bonds. The van der Waals surface area contributed by atoms with Gasteiger partial charge in [-0.3, -0.25) is 4.79 Å². The number of carbonyl (C=O) groups excluding carboxylic acids is 1. The van der Waals surface area contributed by atoms with Crippen molar-refractivity contribution < 1.29 is 14.3 Å². The number of aldehydes is 1. The Kier molecular flexibility index (Phi) is 2.47. The minimum Gasteiger partial charge on any atom is -0.298 e. The molecule has 3 nitrogen and oxygen atoms in total. The van der Waals surface area contributed by atoms with E-state index in [0.29, 0.717) is 17.2 Å². The zero-order valence-corrected chi connectivity index (χ0v) is 6.49. The number of benzene rings is 1. The molecule has 4 heteroatoms. The summed E-state index contributed by atoms with van der Waals surface area (Å²) >= 11 is 0. The molecule has 1 N–H and O–H groups in total. The third kappa shape index (κ3) is 1.93. The van der Waals surface area contributed by atoms with Crippen LogP contribution in [0.3, 0.4) is 0 Å². The van der Waals surface area contributed by atoms with Crippen LogP contribution in [-0.4, -0.2) is 11.2 Å². The predicted octanol–water partition coefficient (Wildman–Crippen LogP) is 0.859. The summed E-state index contributed by atoms with van der Waals surface area (Å²) < 4.78 is 10.5. The van der Waals surface area contributed by atoms with Crippen molar-refractivity contribution in [2.45, 2.75) is 0 Å². The van der Waals surface area contributed by atoms with Crippen molar-refractivity contribution >= 4 is 19.6 Å². The Morgan fingerprint density at radius 2 is 1.82 bits per heavy atom. The van der Waals surface area contributed by atoms with Gasteiger partial charge in [0.1, 0.15) is 6.29 Å². The molecule has 0 fully saturated rings. The molecular weight excluding hydrogens is 163 g/mol. The summed E-state index contributed by atoms with van der Waals surface area (Å²) in [6, 6.07) is 5.93. The second-order valence-electron chi connectivity index (χ2n) is 1.98. The van der Waals surface area contributed by atoms with E-state index >= 15 is 0 Å². The van der Waals surface area contributed by atoms with Crippen LogP contribution in [0.25, 0.3) is 0 Å². The van der Waals surface area contributed by atoms with E-state index in [1.807, 2.05) is 0 Å². The van der Waals surface area contributed by atoms with E-state index in [2.05, 4.69) is 0 Å². The first kappa shape index (κ1) is 8.05. The van der Waals surface area contributed by atoms with E-state index in [1.165, 1.54) is 24.3 Å². The highest BCUT2D eigenvalue weighted by atomic mass is 31.1. The SMILES string of the molecule is O=Cc1ccc([P+](=O)O)cc1. The van der Waals surface area contributed by atoms with Crippen LogP contribution in [0.1, 0.15) is 10.4 Å². The molecule has 1 rings (SSSR count). The Labute approximate surface area is 64.5 Å². The van der Waals surface area contributed by atoms with Gasteiger partial charge >= 0.3 is 8.03 Å². The van der Waals surface area contributed by atoms with Crippen LogP contribution in [0.2, 0.25) is 0 Å². The van der Waals surface area contributed by atoms with Gasteiger partial charge in [0.25, 0.3) is 0 Å². The van der Waals surface area contributed by atoms with Gasteiger partial charge in [-0.1, -0.05) is 0 Å². The normalized spacial score (nSPS) is 10.8. The van der Waals surface area contributed by atoms with Gasteiger partial charge in [-0.2, -0.15) is 4.89 Å². The molecule has 0 aliphatic heterocycles. The molecule has 0 aliphatic carbocycles. The van der Waals surface area contributed by atoms with Crippen LogP contribution < -0.4 is 5.30 Å². The molecule has 1 aromatic carbocycles. The van der Waals surface area contributed by atoms with Crippen molar-refractivity contribution in [2.75, 3.05) is 0 Å². The minimum absolute atomic E-state index is 0.339. The van der Waals surface area contributed by atoms with E-state index in [0.717, 1.165) is 0 Å². The maximum atomic E-state index is 10.5. The highest BCUT2D eigenvalue weighted by Gasteiger charge is 2.14. The topological polar surface area (TPSA) is 54.4 Å². The lowest BCUT2D eigenvalue weighted by atomic mass is 10.2. The highest BCUT2D eigenvalue weighted by molar-refractivity contribution is 7.47. The number of hydrogen-bond acceptors (Lipinski definition) is 2. The zero-order valence-electron chi connectivity index (χ0n) is 5.60. The summed E-state index contributed by atoms with van der Waals surface area (Å²) in [4.78, 5) is 18.8. The summed E-state index contributed by atoms with van der Waals surface area (Å²) in [5.41, 5.74) is 0.505. The highest BCUT2D eigenvalue weighted by Crippen LogP contribution is 2.11. The predicted molar refractivity (Wildman–Crippen MR) is 41.3 cm³/mol. The van der Waals surface area contributed by atoms with Crippen molar-refractivity contribution in [2.24, 2.45) is 0 Å². The van der Waals surface area contributed by atoms with Gasteiger partial charge < -0.3 is 0 Å². The fourth-order valence-corrected chi connectivity index (χ4v) is 1.08. The first-order chi connectivity index (χ1) is 5.24. The summed E-state index contributed by atoms with van der Waals surface area (Å²) in [7, 11) is -2.28. The standard InChI is InChI=1S/C7H5O3P/c8-5-6-1-3-7(4-2-6)11(9)10/h1-5H/p+1. The lowest BCUT2D eigenvalue weighted by Gasteiger charge is -1.84. The van der Waals surface area contributed by atoms with E-state index in [4.69, 9.17) is 4.89 Å². The molecule has 0 heterocycles. The van der Waals surface area contributed by atoms with E-state index in [1.54, 1.807) is 0 Å². The Hall–Kier alpha value is -1.05. The minimum atomic E-state index is -2.28. The van der Waals surface area contributed by atoms with Crippen molar-refractivity contribution in [3.8, 4) is 0 Å². The van der Waals surface area contributed by atoms with Gasteiger partial charge in [0, 0.05) is 5.56 Å². The average molecular weight is 169 g/mol. The summed E-state index contributed by atoms with van der Waals surface area (Å²) in [5, 5.41) is 0.339. The monoisotopic (exact) mass is 169 g/mol. The first-order valence-electron chi connectivity index (χ1n) is 2.95. The van der Waals surface area contributed by atoms with Crippen LogP contribution in [-0.2, 0) is 4.57 Å². The molecule has 0 saturated carbocycles. The third-order valence-electron chi connectivity index (χ3n) is 1.25. The number of rotatable bonds is 2. The third-order valence-corrected chi connectivity index (χ3v) is 1.99. The van der Waals surface area contributed by atoms with Gasteiger partial charge in [-0.15, -0.1) is 0 Å². The largest absolute Gasteiger partial charge is 0.546 e. The van der Waals surface area contributed by atoms with Crippen molar-refractivity contribution in [1.82, 2.24) is 0 Å². The van der Waals surface area contributed by atoms with E-state index < -0.39 is 8.03 Å². The molecule has 0 spiro atoms. The summed E-state index contributed by atoms with van der Waals surface area (Å²) in [6.45, 7) is 0. The Balaban J connectivity index is 3.00. The fraction of sp³-hybridized carbons (Fsp3) is 0. The molecule has 56 valence electrons. The van der Waals surface area contributed by atoms with E-state index in [-0.39, 0.29) is 0 Å². The molecule has 0 aromatic heterocycles. The van der Waals surface area contributed by atoms with Gasteiger partial charge in [-0.25, -0.2) is 0 Å². The average Bonchev–Trinajstić information content (AvgIpc) is 2.05. The van der Waals surface area contributed by atoms with Crippen LogP contribution >= 0.6 is 8.03 Å². The van der Waals surface area contributed by atoms with Crippen LogP contribution in [0, 0.1) is 0 Å². The molecule has 0 bridgehead atoms. The first-order valence-corrected chi connectivity index (χ1v) is 4.16. The maximum Gasteiger partial charge on any atom is 0.546 e. The van der Waals surface area contributed by atoms with Crippen LogP contribution in [0.15, 0.2) is 24.3 Å². The van der Waals surface area contributed by atoms with Crippen molar-refractivity contribution in [3.63, 3.8) is 0 Å². The van der Waals surface area contributed by atoms with Crippen molar-refractivity contribution in [1.29, 1.82) is 0 Å². The molecular formula is C7H6O3P+. The quantitative estimate of drug-likeness (QED) is 0.527. The second-order valence-corrected chi connectivity index (χ2v) is 3.04. The zero-order chi connectivity index (χ0) is 8.27. The van der Waals surface area contributed by atoms with Gasteiger partial charge in [-0.05, 0) is 28.8 Å². The number of hydrogen-bond donors (Lipinski definition) is 1. The molecule has 0 saturated heterocycles. The molecule has 1 aromatic rings. The molecule has 0 radical (unpaired) electrons. The molecule has 1 unspecified atom stereocenters. The Morgan fingerprint density at radius 1 is 1.27 bits per heavy atom. The maximum absolute atomic E-state index is 10.5. The van der Waals surface area contributed by atoms with E-state index in [9.17, 15) is 9.36 Å². The Bertz CT molecular complexity index is 278. The summed E-state index contributed by atoms with van der Waals surface area (Å²) in [5.74, 6) is 0. The lowest BCUT2D eigenvalue weighted by Crippen LogP contribution is -1.94. The molecule has 0 aliphatic rings. The fourth-order valence-electron chi connectivity index (χ4n) is 0.680. The number of carbonyl (C=O) groups is 1. The van der Waals surface area contributed by atoms with Crippen LogP contribution in [0.5, 0.6) is 0 Å². The smallest absolute Gasteiger partial charge is 0.298 e.